The quantitative estimate of drug-likeness (QED) is 0.784. The molecule has 1 fully saturated rings. The van der Waals surface area contributed by atoms with Crippen LogP contribution < -0.4 is 5.32 Å². The lowest BCUT2D eigenvalue weighted by atomic mass is 9.96. The molecule has 0 aliphatic carbocycles. The van der Waals surface area contributed by atoms with E-state index in [9.17, 15) is 4.79 Å². The number of rotatable bonds is 3. The first kappa shape index (κ1) is 16.1. The molecule has 3 aromatic rings. The Morgan fingerprint density at radius 3 is 2.80 bits per heavy atom. The van der Waals surface area contributed by atoms with E-state index < -0.39 is 0 Å². The van der Waals surface area contributed by atoms with Crippen molar-refractivity contribution in [1.29, 1.82) is 0 Å². The summed E-state index contributed by atoms with van der Waals surface area (Å²) >= 11 is 1.58. The van der Waals surface area contributed by atoms with E-state index in [0.29, 0.717) is 5.82 Å². The molecule has 1 aliphatic rings. The number of amides is 1. The second kappa shape index (κ2) is 6.85. The van der Waals surface area contributed by atoms with Gasteiger partial charge < -0.3 is 10.2 Å². The van der Waals surface area contributed by atoms with E-state index in [2.05, 4.69) is 38.3 Å². The van der Waals surface area contributed by atoms with Crippen molar-refractivity contribution in [1.82, 2.24) is 19.9 Å². The molecule has 0 bridgehead atoms. The number of nitrogens with one attached hydrogen (secondary N) is 1. The number of aromatic nitrogens is 3. The Balaban J connectivity index is 1.54. The Bertz CT molecular complexity index is 888. The molecule has 1 aliphatic heterocycles. The van der Waals surface area contributed by atoms with Crippen molar-refractivity contribution in [2.75, 3.05) is 25.5 Å². The van der Waals surface area contributed by atoms with Crippen LogP contribution in [0.25, 0.3) is 21.3 Å². The number of carbonyl (C=O) groups excluding carboxylic acids is 1. The number of nitrogens with zero attached hydrogens (tertiary/aromatic N) is 4. The summed E-state index contributed by atoms with van der Waals surface area (Å²) in [4.78, 5) is 28.7. The summed E-state index contributed by atoms with van der Waals surface area (Å²) in [5.74, 6) is 0.710. The Labute approximate surface area is 149 Å². The SMILES string of the molecule is CN1CCC(C(=O)Nc2cc3cc(-c4cncs4)cnc3cn2)CC1. The van der Waals surface area contributed by atoms with Gasteiger partial charge >= 0.3 is 0 Å². The summed E-state index contributed by atoms with van der Waals surface area (Å²) < 4.78 is 0. The number of fused-ring (bicyclic) bond motifs is 1. The highest BCUT2D eigenvalue weighted by Crippen LogP contribution is 2.26. The smallest absolute Gasteiger partial charge is 0.228 e. The Kier molecular flexibility index (Phi) is 4.42. The predicted octanol–water partition coefficient (Wildman–Crippen LogP) is 3.03. The fraction of sp³-hybridized carbons (Fsp3) is 0.333. The zero-order chi connectivity index (χ0) is 17.2. The summed E-state index contributed by atoms with van der Waals surface area (Å²) in [5, 5.41) is 3.92. The first-order chi connectivity index (χ1) is 12.2. The van der Waals surface area contributed by atoms with Crippen LogP contribution in [-0.2, 0) is 4.79 Å². The standard InChI is InChI=1S/C18H19N5OS/c1-23-4-2-12(3-5-23)18(24)22-17-7-13-6-14(16-10-19-11-25-16)8-20-15(13)9-21-17/h6-12H,2-5H2,1H3,(H,21,22,24). The lowest BCUT2D eigenvalue weighted by molar-refractivity contribution is -0.121. The van der Waals surface area contributed by atoms with E-state index in [1.165, 1.54) is 0 Å². The highest BCUT2D eigenvalue weighted by atomic mass is 32.1. The maximum absolute atomic E-state index is 12.5. The number of piperidine rings is 1. The van der Waals surface area contributed by atoms with Gasteiger partial charge in [-0.05, 0) is 45.1 Å². The average molecular weight is 353 g/mol. The molecular weight excluding hydrogens is 334 g/mol. The van der Waals surface area contributed by atoms with Crippen LogP contribution in [0, 0.1) is 5.92 Å². The van der Waals surface area contributed by atoms with Crippen LogP contribution in [0.5, 0.6) is 0 Å². The molecule has 1 saturated heterocycles. The van der Waals surface area contributed by atoms with E-state index in [1.807, 2.05) is 18.5 Å². The molecule has 0 saturated carbocycles. The third-order valence-electron chi connectivity index (χ3n) is 4.63. The van der Waals surface area contributed by atoms with Crippen molar-refractivity contribution in [3.63, 3.8) is 0 Å². The second-order valence-corrected chi connectivity index (χ2v) is 7.31. The van der Waals surface area contributed by atoms with Crippen molar-refractivity contribution in [2.24, 2.45) is 5.92 Å². The highest BCUT2D eigenvalue weighted by Gasteiger charge is 2.23. The topological polar surface area (TPSA) is 71.0 Å². The van der Waals surface area contributed by atoms with E-state index in [-0.39, 0.29) is 11.8 Å². The van der Waals surface area contributed by atoms with E-state index in [0.717, 1.165) is 47.3 Å². The number of likely N-dealkylation sites (tertiary alicyclic amines) is 1. The normalized spacial score (nSPS) is 16.2. The molecule has 4 rings (SSSR count). The molecule has 4 heterocycles. The van der Waals surface area contributed by atoms with Crippen molar-refractivity contribution in [2.45, 2.75) is 12.8 Å². The molecule has 0 spiro atoms. The van der Waals surface area contributed by atoms with Crippen molar-refractivity contribution in [3.8, 4) is 10.4 Å². The van der Waals surface area contributed by atoms with Gasteiger partial charge in [0, 0.05) is 29.3 Å². The lowest BCUT2D eigenvalue weighted by Gasteiger charge is -2.27. The van der Waals surface area contributed by atoms with Crippen LogP contribution in [0.1, 0.15) is 12.8 Å². The average Bonchev–Trinajstić information content (AvgIpc) is 3.16. The first-order valence-electron chi connectivity index (χ1n) is 8.33. The molecule has 0 radical (unpaired) electrons. The minimum atomic E-state index is 0.0616. The zero-order valence-electron chi connectivity index (χ0n) is 14.0. The Morgan fingerprint density at radius 2 is 2.04 bits per heavy atom. The first-order valence-corrected chi connectivity index (χ1v) is 9.21. The molecule has 7 heteroatoms. The van der Waals surface area contributed by atoms with Crippen molar-refractivity contribution < 1.29 is 4.79 Å². The van der Waals surface area contributed by atoms with Crippen molar-refractivity contribution in [3.05, 3.63) is 36.2 Å². The van der Waals surface area contributed by atoms with Gasteiger partial charge in [-0.2, -0.15) is 0 Å². The molecular formula is C18H19N5OS. The third-order valence-corrected chi connectivity index (χ3v) is 5.45. The van der Waals surface area contributed by atoms with Crippen LogP contribution in [-0.4, -0.2) is 45.9 Å². The number of carbonyl (C=O) groups is 1. The number of anilines is 1. The fourth-order valence-corrected chi connectivity index (χ4v) is 3.70. The third kappa shape index (κ3) is 3.52. The Morgan fingerprint density at radius 1 is 1.20 bits per heavy atom. The summed E-state index contributed by atoms with van der Waals surface area (Å²) in [6, 6.07) is 3.95. The van der Waals surface area contributed by atoms with E-state index in [1.54, 1.807) is 23.0 Å². The molecule has 0 aromatic carbocycles. The monoisotopic (exact) mass is 353 g/mol. The molecule has 25 heavy (non-hydrogen) atoms. The fourth-order valence-electron chi connectivity index (χ4n) is 3.09. The molecule has 128 valence electrons. The van der Waals surface area contributed by atoms with Gasteiger partial charge in [0.1, 0.15) is 5.82 Å². The maximum Gasteiger partial charge on any atom is 0.228 e. The Hall–Kier alpha value is -2.38. The van der Waals surface area contributed by atoms with Gasteiger partial charge in [-0.3, -0.25) is 14.8 Å². The van der Waals surface area contributed by atoms with Gasteiger partial charge in [0.05, 0.1) is 22.1 Å². The summed E-state index contributed by atoms with van der Waals surface area (Å²) in [7, 11) is 2.09. The molecule has 1 amide bonds. The van der Waals surface area contributed by atoms with Crippen LogP contribution in [0.2, 0.25) is 0 Å². The van der Waals surface area contributed by atoms with Gasteiger partial charge in [0.25, 0.3) is 0 Å². The van der Waals surface area contributed by atoms with Crippen LogP contribution in [0.4, 0.5) is 5.82 Å². The molecule has 0 atom stereocenters. The van der Waals surface area contributed by atoms with Crippen LogP contribution in [0.15, 0.2) is 36.2 Å². The summed E-state index contributed by atoms with van der Waals surface area (Å²) in [5.41, 5.74) is 3.64. The van der Waals surface area contributed by atoms with Gasteiger partial charge in [0.15, 0.2) is 0 Å². The number of pyridine rings is 2. The lowest BCUT2D eigenvalue weighted by Crippen LogP contribution is -2.36. The minimum absolute atomic E-state index is 0.0616. The maximum atomic E-state index is 12.5. The second-order valence-electron chi connectivity index (χ2n) is 6.42. The highest BCUT2D eigenvalue weighted by molar-refractivity contribution is 7.13. The predicted molar refractivity (Wildman–Crippen MR) is 99.5 cm³/mol. The summed E-state index contributed by atoms with van der Waals surface area (Å²) in [6.07, 6.45) is 7.15. The molecule has 3 aromatic heterocycles. The van der Waals surface area contributed by atoms with Gasteiger partial charge in [-0.25, -0.2) is 4.98 Å². The van der Waals surface area contributed by atoms with Gasteiger partial charge in [-0.15, -0.1) is 11.3 Å². The van der Waals surface area contributed by atoms with Gasteiger partial charge in [0.2, 0.25) is 5.91 Å². The van der Waals surface area contributed by atoms with Gasteiger partial charge in [-0.1, -0.05) is 0 Å². The van der Waals surface area contributed by atoms with E-state index >= 15 is 0 Å². The molecule has 6 nitrogen and oxygen atoms in total. The van der Waals surface area contributed by atoms with E-state index in [4.69, 9.17) is 0 Å². The zero-order valence-corrected chi connectivity index (χ0v) is 14.8. The molecule has 0 unspecified atom stereocenters. The molecule has 1 N–H and O–H groups in total. The summed E-state index contributed by atoms with van der Waals surface area (Å²) in [6.45, 7) is 1.93. The minimum Gasteiger partial charge on any atom is -0.310 e. The largest absolute Gasteiger partial charge is 0.310 e. The number of thiazole rings is 1. The number of hydrogen-bond donors (Lipinski definition) is 1. The van der Waals surface area contributed by atoms with Crippen molar-refractivity contribution >= 4 is 34.0 Å². The van der Waals surface area contributed by atoms with Crippen LogP contribution >= 0.6 is 11.3 Å². The number of hydrogen-bond acceptors (Lipinski definition) is 6. The van der Waals surface area contributed by atoms with Crippen LogP contribution in [0.3, 0.4) is 0 Å².